The Labute approximate surface area is 310 Å². The van der Waals surface area contributed by atoms with Crippen molar-refractivity contribution >= 4 is 67.2 Å². The van der Waals surface area contributed by atoms with E-state index in [1.807, 2.05) is 18.2 Å². The molecule has 1 fully saturated rings. The van der Waals surface area contributed by atoms with Crippen molar-refractivity contribution in [1.82, 2.24) is 0 Å². The van der Waals surface area contributed by atoms with Crippen LogP contribution in [0.1, 0.15) is 12.8 Å². The highest BCUT2D eigenvalue weighted by Crippen LogP contribution is 2.33. The molecule has 0 bridgehead atoms. The van der Waals surface area contributed by atoms with Gasteiger partial charge < -0.3 is 44.7 Å². The highest BCUT2D eigenvalue weighted by Gasteiger charge is 2.50. The number of alkyl halides is 3. The van der Waals surface area contributed by atoms with Crippen molar-refractivity contribution in [2.24, 2.45) is 0 Å². The van der Waals surface area contributed by atoms with Crippen molar-refractivity contribution in [2.45, 2.75) is 94.6 Å². The van der Waals surface area contributed by atoms with Gasteiger partial charge in [-0.25, -0.2) is 0 Å². The second-order valence-corrected chi connectivity index (χ2v) is 41.0. The Morgan fingerprint density at radius 3 is 2.06 bits per heavy atom. The third-order valence-electron chi connectivity index (χ3n) is 10.0. The molecule has 11 nitrogen and oxygen atoms in total. The molecule has 0 N–H and O–H groups in total. The molecule has 1 saturated heterocycles. The summed E-state index contributed by atoms with van der Waals surface area (Å²) in [5.41, 5.74) is 0.454. The topological polar surface area (TPSA) is 107 Å². The van der Waals surface area contributed by atoms with Crippen LogP contribution in [0.3, 0.4) is 0 Å². The number of carbonyl (C=O) groups is 1. The lowest BCUT2D eigenvalue weighted by Gasteiger charge is -2.42. The highest BCUT2D eigenvalue weighted by molar-refractivity contribution is 7.28. The van der Waals surface area contributed by atoms with Gasteiger partial charge in [0, 0.05) is 60.9 Å². The Hall–Kier alpha value is -0.579. The highest BCUT2D eigenvalue weighted by atomic mass is 29.3. The number of epoxide rings is 1. The molecule has 296 valence electrons. The molecule has 1 aromatic carbocycles. The maximum absolute atomic E-state index is 12.9. The zero-order valence-corrected chi connectivity index (χ0v) is 38.9. The molecule has 0 saturated carbocycles. The van der Waals surface area contributed by atoms with Gasteiger partial charge in [0.25, 0.3) is 0 Å². The van der Waals surface area contributed by atoms with E-state index < -0.39 is 68.9 Å². The number of benzene rings is 1. The van der Waals surface area contributed by atoms with Crippen molar-refractivity contribution in [2.75, 3.05) is 67.3 Å². The lowest BCUT2D eigenvalue weighted by atomic mass is 10.2. The van der Waals surface area contributed by atoms with Gasteiger partial charge in [0.1, 0.15) is 12.5 Å². The minimum absolute atomic E-state index is 0.219. The number of nitrogens with zero attached hydrogens (tertiary/aromatic N) is 1. The smallest absolute Gasteiger partial charge is 0.439 e. The Bertz CT molecular complexity index is 1230. The van der Waals surface area contributed by atoms with Crippen LogP contribution < -0.4 is 10.1 Å². The summed E-state index contributed by atoms with van der Waals surface area (Å²) in [7, 11) is -5.42. The van der Waals surface area contributed by atoms with E-state index in [1.54, 1.807) is 41.6 Å². The quantitative estimate of drug-likeness (QED) is 0.0695. The second kappa shape index (κ2) is 19.8. The van der Waals surface area contributed by atoms with Crippen molar-refractivity contribution in [3.05, 3.63) is 24.3 Å². The monoisotopic (exact) mass is 833 g/mol. The van der Waals surface area contributed by atoms with Crippen molar-refractivity contribution < 1.29 is 57.8 Å². The third kappa shape index (κ3) is 14.9. The predicted molar refractivity (Wildman–Crippen MR) is 208 cm³/mol. The van der Waals surface area contributed by atoms with E-state index in [0.717, 1.165) is 41.2 Å². The first kappa shape index (κ1) is 46.6. The fourth-order valence-electron chi connectivity index (χ4n) is 5.84. The molecule has 1 aliphatic rings. The number of hydrogen-bond donors (Lipinski definition) is 0. The van der Waals surface area contributed by atoms with Gasteiger partial charge in [-0.2, -0.15) is 13.2 Å². The number of hydrogen-bond acceptors (Lipinski definition) is 10. The molecule has 1 heterocycles. The maximum atomic E-state index is 12.9. The van der Waals surface area contributed by atoms with Crippen LogP contribution in [0.2, 0.25) is 69.5 Å². The van der Waals surface area contributed by atoms with Crippen LogP contribution in [0.5, 0.6) is 0 Å². The number of carbonyl (C=O) groups excluding carboxylic acids is 1. The van der Waals surface area contributed by atoms with E-state index in [2.05, 4.69) is 39.3 Å². The SMILES string of the molecule is CO[Si](C)(CCCOCC1CO1)O[Si](C)(CC[Si](OC)(OC)OC)O[SiH](C)[Si](C)(CC[Si](C)(C)c1cccc(N(C)C(=O)CC(F)(F)F)c1)OC. The van der Waals surface area contributed by atoms with Gasteiger partial charge in [-0.15, -0.1) is 0 Å². The zero-order valence-electron chi connectivity index (χ0n) is 32.7. The van der Waals surface area contributed by atoms with Crippen LogP contribution >= 0.6 is 0 Å². The number of ether oxygens (including phenoxy) is 2. The average molecular weight is 834 g/mol. The molecule has 0 spiro atoms. The summed E-state index contributed by atoms with van der Waals surface area (Å²) in [6, 6.07) is 11.0. The Morgan fingerprint density at radius 1 is 0.902 bits per heavy atom. The molecule has 0 aromatic heterocycles. The standard InChI is InChI=1S/C31H62F3NO10Si6/c1-35(30(36)24-31(32,33)34)27-15-13-16-29(23-27)47(8,9)19-21-50(12,38-3)46(7)44-49(11,20-22-51(39-4,40-5)41-6)45-48(10,37-2)18-14-17-42-25-28-26-43-28/h13,15-16,23,28,46H,14,17-22,24-26H2,1-12H3. The van der Waals surface area contributed by atoms with Crippen molar-refractivity contribution in [3.8, 4) is 0 Å². The second-order valence-electron chi connectivity index (χ2n) is 14.5. The molecule has 5 unspecified atom stereocenters. The summed E-state index contributed by atoms with van der Waals surface area (Å²) in [6.07, 6.45) is -5.04. The summed E-state index contributed by atoms with van der Waals surface area (Å²) in [5, 5.41) is 1.06. The number of anilines is 1. The van der Waals surface area contributed by atoms with Gasteiger partial charge in [-0.05, 0) is 62.9 Å². The van der Waals surface area contributed by atoms with Crippen LogP contribution in [0.15, 0.2) is 24.3 Å². The summed E-state index contributed by atoms with van der Waals surface area (Å²) in [5.74, 6) is -0.990. The van der Waals surface area contributed by atoms with E-state index in [1.165, 1.54) is 7.05 Å². The summed E-state index contributed by atoms with van der Waals surface area (Å²) in [6.45, 7) is 15.1. The molecular formula is C31H62F3NO10Si6. The molecule has 5 atom stereocenters. The first-order valence-corrected chi connectivity index (χ1v) is 33.6. The molecule has 51 heavy (non-hydrogen) atoms. The summed E-state index contributed by atoms with van der Waals surface area (Å²) < 4.78 is 93.8. The Morgan fingerprint density at radius 2 is 1.53 bits per heavy atom. The number of halogens is 3. The van der Waals surface area contributed by atoms with Gasteiger partial charge in [0.15, 0.2) is 8.56 Å². The molecule has 20 heteroatoms. The van der Waals surface area contributed by atoms with Crippen molar-refractivity contribution in [3.63, 3.8) is 0 Å². The maximum Gasteiger partial charge on any atom is 0.500 e. The molecule has 2 rings (SSSR count). The third-order valence-corrected chi connectivity index (χ3v) is 39.0. The average Bonchev–Trinajstić information content (AvgIpc) is 3.91. The predicted octanol–water partition coefficient (Wildman–Crippen LogP) is 5.68. The molecule has 1 amide bonds. The molecule has 0 aliphatic carbocycles. The van der Waals surface area contributed by atoms with Crippen LogP contribution in [-0.4, -0.2) is 131 Å². The van der Waals surface area contributed by atoms with Crippen LogP contribution in [0.4, 0.5) is 18.9 Å². The number of amides is 1. The van der Waals surface area contributed by atoms with E-state index in [0.29, 0.717) is 31.0 Å². The van der Waals surface area contributed by atoms with Gasteiger partial charge in [-0.3, -0.25) is 4.79 Å². The fourth-order valence-corrected chi connectivity index (χ4v) is 35.7. The largest absolute Gasteiger partial charge is 0.500 e. The van der Waals surface area contributed by atoms with Gasteiger partial charge in [0.05, 0.1) is 21.3 Å². The van der Waals surface area contributed by atoms with Gasteiger partial charge >= 0.3 is 32.1 Å². The Balaban J connectivity index is 2.25. The lowest BCUT2D eigenvalue weighted by molar-refractivity contribution is -0.151. The van der Waals surface area contributed by atoms with Gasteiger partial charge in [0.2, 0.25) is 13.7 Å². The van der Waals surface area contributed by atoms with E-state index in [4.69, 9.17) is 39.8 Å². The van der Waals surface area contributed by atoms with E-state index in [9.17, 15) is 18.0 Å². The molecule has 1 aliphatic heterocycles. The molecule has 1 aromatic rings. The summed E-state index contributed by atoms with van der Waals surface area (Å²) in [4.78, 5) is 13.4. The zero-order chi connectivity index (χ0) is 38.7. The minimum Gasteiger partial charge on any atom is -0.439 e. The van der Waals surface area contributed by atoms with E-state index in [-0.39, 0.29) is 6.10 Å². The normalized spacial score (nSPS) is 19.5. The molecular weight excluding hydrogens is 772 g/mol. The first-order chi connectivity index (χ1) is 23.6. The number of rotatable bonds is 25. The van der Waals surface area contributed by atoms with Crippen LogP contribution in [0, 0.1) is 0 Å². The first-order valence-electron chi connectivity index (χ1n) is 17.4. The summed E-state index contributed by atoms with van der Waals surface area (Å²) >= 11 is 0. The van der Waals surface area contributed by atoms with E-state index >= 15 is 0 Å². The van der Waals surface area contributed by atoms with Crippen molar-refractivity contribution in [1.29, 1.82) is 0 Å². The van der Waals surface area contributed by atoms with Crippen LogP contribution in [0.25, 0.3) is 0 Å². The Kier molecular flexibility index (Phi) is 18.1. The van der Waals surface area contributed by atoms with Gasteiger partial charge in [-0.1, -0.05) is 36.5 Å². The molecule has 0 radical (unpaired) electrons. The minimum atomic E-state index is -4.56. The van der Waals surface area contributed by atoms with Crippen LogP contribution in [-0.2, 0) is 44.6 Å². The lowest BCUT2D eigenvalue weighted by Crippen LogP contribution is -2.61. The fraction of sp³-hybridized carbons (Fsp3) is 0.774.